The van der Waals surface area contributed by atoms with Crippen LogP contribution in [0.1, 0.15) is 89.9 Å². The summed E-state index contributed by atoms with van der Waals surface area (Å²) < 4.78 is 11.4. The van der Waals surface area contributed by atoms with Gasteiger partial charge in [-0.3, -0.25) is 0 Å². The predicted molar refractivity (Wildman–Crippen MR) is 90.4 cm³/mol. The quantitative estimate of drug-likeness (QED) is 0.575. The van der Waals surface area contributed by atoms with Crippen molar-refractivity contribution in [3.63, 3.8) is 0 Å². The van der Waals surface area contributed by atoms with E-state index in [-0.39, 0.29) is 0 Å². The maximum atomic E-state index is 11.4. The van der Waals surface area contributed by atoms with Crippen LogP contribution < -0.4 is 0 Å². The Morgan fingerprint density at radius 3 is 1.35 bits per heavy atom. The molecule has 0 saturated heterocycles. The average Bonchev–Trinajstić information content (AvgIpc) is 2.36. The van der Waals surface area contributed by atoms with Crippen LogP contribution in [0.4, 0.5) is 0 Å². The summed E-state index contributed by atoms with van der Waals surface area (Å²) in [7, 11) is -0.542. The molecule has 0 aromatic heterocycles. The summed E-state index contributed by atoms with van der Waals surface area (Å²) in [6.07, 6.45) is 21.2. The lowest BCUT2D eigenvalue weighted by Crippen LogP contribution is -2.27. The fourth-order valence-electron chi connectivity index (χ4n) is 4.71. The van der Waals surface area contributed by atoms with E-state index in [2.05, 4.69) is 0 Å². The van der Waals surface area contributed by atoms with Gasteiger partial charge in [0.2, 0.25) is 0 Å². The van der Waals surface area contributed by atoms with E-state index in [9.17, 15) is 4.57 Å². The second-order valence-electron chi connectivity index (χ2n) is 7.28. The smallest absolute Gasteiger partial charge is 0.0648 e. The van der Waals surface area contributed by atoms with Gasteiger partial charge in [0.05, 0.1) is 8.46 Å². The lowest BCUT2D eigenvalue weighted by Gasteiger charge is -2.35. The maximum absolute atomic E-state index is 11.4. The molecule has 2 aliphatic rings. The fraction of sp³-hybridized carbons (Fsp3) is 1.00. The largest absolute Gasteiger partial charge is 0.330 e. The molecule has 0 aliphatic heterocycles. The first-order chi connectivity index (χ1) is 9.92. The Kier molecular flexibility index (Phi) is 8.33. The van der Waals surface area contributed by atoms with Crippen LogP contribution in [-0.4, -0.2) is 6.16 Å². The maximum Gasteiger partial charge on any atom is 0.0648 e. The minimum absolute atomic E-state index is 0.542. The number of rotatable bonds is 4. The van der Waals surface area contributed by atoms with Crippen molar-refractivity contribution in [3.8, 4) is 0 Å². The van der Waals surface area contributed by atoms with Crippen molar-refractivity contribution in [2.24, 2.45) is 17.8 Å². The van der Waals surface area contributed by atoms with Crippen molar-refractivity contribution in [2.75, 3.05) is 6.16 Å². The average molecular weight is 298 g/mol. The summed E-state index contributed by atoms with van der Waals surface area (Å²) in [4.78, 5) is 0. The van der Waals surface area contributed by atoms with Crippen molar-refractivity contribution in [2.45, 2.75) is 89.9 Å². The van der Waals surface area contributed by atoms with Gasteiger partial charge in [-0.1, -0.05) is 89.9 Å². The third kappa shape index (κ3) is 5.55. The van der Waals surface area contributed by atoms with Gasteiger partial charge in [0.1, 0.15) is 0 Å². The van der Waals surface area contributed by atoms with Gasteiger partial charge >= 0.3 is 0 Å². The Balaban J connectivity index is 1.96. The lowest BCUT2D eigenvalue weighted by atomic mass is 9.72. The van der Waals surface area contributed by atoms with E-state index in [1.165, 1.54) is 89.9 Å². The highest BCUT2D eigenvalue weighted by molar-refractivity contribution is 7.23. The zero-order valence-corrected chi connectivity index (χ0v) is 14.5. The molecule has 1 atom stereocenters. The van der Waals surface area contributed by atoms with Gasteiger partial charge in [-0.25, -0.2) is 0 Å². The van der Waals surface area contributed by atoms with Crippen LogP contribution in [0.5, 0.6) is 0 Å². The van der Waals surface area contributed by atoms with Crippen LogP contribution in [0.15, 0.2) is 0 Å². The van der Waals surface area contributed by atoms with Crippen molar-refractivity contribution < 1.29 is 4.57 Å². The molecule has 2 fully saturated rings. The van der Waals surface area contributed by atoms with Crippen LogP contribution in [0.3, 0.4) is 0 Å². The van der Waals surface area contributed by atoms with Gasteiger partial charge in [-0.15, -0.1) is 0 Å². The molecule has 1 unspecified atom stereocenters. The molecule has 2 rings (SSSR count). The molecule has 0 spiro atoms. The molecule has 118 valence electrons. The highest BCUT2D eigenvalue weighted by Crippen LogP contribution is 2.39. The SMILES string of the molecule is O=[PH2]CC(C1CCCCCCC1)C1CCCCCCC1. The van der Waals surface area contributed by atoms with Crippen LogP contribution in [-0.2, 0) is 4.57 Å². The minimum atomic E-state index is -0.542. The van der Waals surface area contributed by atoms with Gasteiger partial charge in [0.15, 0.2) is 0 Å². The summed E-state index contributed by atoms with van der Waals surface area (Å²) in [5.74, 6) is 2.61. The Hall–Kier alpha value is 0.230. The zero-order valence-electron chi connectivity index (χ0n) is 13.3. The second-order valence-corrected chi connectivity index (χ2v) is 8.08. The molecule has 20 heavy (non-hydrogen) atoms. The topological polar surface area (TPSA) is 17.1 Å². The third-order valence-electron chi connectivity index (χ3n) is 5.88. The van der Waals surface area contributed by atoms with Crippen molar-refractivity contribution in [1.82, 2.24) is 0 Å². The highest BCUT2D eigenvalue weighted by Gasteiger charge is 2.29. The molecule has 0 bridgehead atoms. The van der Waals surface area contributed by atoms with Crippen LogP contribution in [0, 0.1) is 17.8 Å². The van der Waals surface area contributed by atoms with Crippen molar-refractivity contribution in [1.29, 1.82) is 0 Å². The third-order valence-corrected chi connectivity index (χ3v) is 6.62. The Labute approximate surface area is 127 Å². The van der Waals surface area contributed by atoms with Gasteiger partial charge in [0, 0.05) is 0 Å². The molecule has 2 saturated carbocycles. The highest BCUT2D eigenvalue weighted by atomic mass is 31.1. The first kappa shape index (κ1) is 16.6. The fourth-order valence-corrected chi connectivity index (χ4v) is 5.70. The number of hydrogen-bond acceptors (Lipinski definition) is 1. The van der Waals surface area contributed by atoms with Gasteiger partial charge in [-0.05, 0) is 23.9 Å². The normalized spacial score (nSPS) is 25.4. The molecule has 2 aliphatic carbocycles. The predicted octanol–water partition coefficient (Wildman–Crippen LogP) is 6.08. The Morgan fingerprint density at radius 2 is 1.00 bits per heavy atom. The lowest BCUT2D eigenvalue weighted by molar-refractivity contribution is 0.180. The standard InChI is InChI=1S/C18H35OP/c19-20-15-18(16-11-7-3-1-4-8-12-16)17-13-9-5-2-6-10-14-17/h16-18H,1-15,20H2. The van der Waals surface area contributed by atoms with Gasteiger partial charge in [0.25, 0.3) is 0 Å². The molecule has 2 heteroatoms. The first-order valence-corrected chi connectivity index (χ1v) is 10.6. The molecule has 0 amide bonds. The van der Waals surface area contributed by atoms with Gasteiger partial charge in [-0.2, -0.15) is 0 Å². The van der Waals surface area contributed by atoms with E-state index < -0.39 is 8.46 Å². The van der Waals surface area contributed by atoms with E-state index in [0.717, 1.165) is 23.9 Å². The molecular weight excluding hydrogens is 263 g/mol. The summed E-state index contributed by atoms with van der Waals surface area (Å²) in [5, 5.41) is 0. The summed E-state index contributed by atoms with van der Waals surface area (Å²) >= 11 is 0. The molecular formula is C18H35OP. The van der Waals surface area contributed by atoms with Crippen LogP contribution in [0.25, 0.3) is 0 Å². The zero-order chi connectivity index (χ0) is 14.0. The molecule has 0 aromatic rings. The van der Waals surface area contributed by atoms with E-state index in [1.807, 2.05) is 0 Å². The molecule has 0 heterocycles. The summed E-state index contributed by atoms with van der Waals surface area (Å²) in [6.45, 7) is 0. The Morgan fingerprint density at radius 1 is 0.650 bits per heavy atom. The van der Waals surface area contributed by atoms with Crippen LogP contribution >= 0.6 is 8.46 Å². The van der Waals surface area contributed by atoms with E-state index in [0.29, 0.717) is 0 Å². The van der Waals surface area contributed by atoms with Crippen LogP contribution in [0.2, 0.25) is 0 Å². The molecule has 0 radical (unpaired) electrons. The van der Waals surface area contributed by atoms with Crippen molar-refractivity contribution >= 4 is 8.46 Å². The molecule has 0 N–H and O–H groups in total. The first-order valence-electron chi connectivity index (χ1n) is 9.35. The number of hydrogen-bond donors (Lipinski definition) is 0. The molecule has 1 nitrogen and oxygen atoms in total. The summed E-state index contributed by atoms with van der Waals surface area (Å²) in [5.41, 5.74) is 0. The molecule has 0 aromatic carbocycles. The summed E-state index contributed by atoms with van der Waals surface area (Å²) in [6, 6.07) is 0. The minimum Gasteiger partial charge on any atom is -0.330 e. The Bertz CT molecular complexity index is 228. The monoisotopic (exact) mass is 298 g/mol. The van der Waals surface area contributed by atoms with E-state index in [1.54, 1.807) is 0 Å². The van der Waals surface area contributed by atoms with Gasteiger partial charge < -0.3 is 4.57 Å². The van der Waals surface area contributed by atoms with E-state index >= 15 is 0 Å². The van der Waals surface area contributed by atoms with E-state index in [4.69, 9.17) is 0 Å². The second kappa shape index (κ2) is 10.0. The van der Waals surface area contributed by atoms with Crippen molar-refractivity contribution in [3.05, 3.63) is 0 Å².